The van der Waals surface area contributed by atoms with Crippen molar-refractivity contribution in [1.82, 2.24) is 10.3 Å². The molecule has 2 heterocycles. The highest BCUT2D eigenvalue weighted by molar-refractivity contribution is 7.07. The molecule has 3 rings (SSSR count). The van der Waals surface area contributed by atoms with Crippen molar-refractivity contribution in [3.63, 3.8) is 0 Å². The lowest BCUT2D eigenvalue weighted by atomic mass is 9.48. The van der Waals surface area contributed by atoms with Crippen LogP contribution in [0.25, 0.3) is 0 Å². The van der Waals surface area contributed by atoms with E-state index in [9.17, 15) is 0 Å². The molecule has 1 aliphatic carbocycles. The van der Waals surface area contributed by atoms with Crippen LogP contribution in [0, 0.1) is 11.3 Å². The van der Waals surface area contributed by atoms with Crippen molar-refractivity contribution in [3.8, 4) is 0 Å². The molecule has 1 aromatic heterocycles. The van der Waals surface area contributed by atoms with Crippen LogP contribution >= 0.6 is 11.3 Å². The van der Waals surface area contributed by atoms with Crippen LogP contribution in [-0.2, 0) is 11.2 Å². The molecular weight excluding hydrogens is 258 g/mol. The number of rotatable bonds is 5. The monoisotopic (exact) mass is 281 g/mol. The first-order valence-corrected chi connectivity index (χ1v) is 7.98. The van der Waals surface area contributed by atoms with E-state index in [1.54, 1.807) is 11.3 Å². The number of thiazole rings is 1. The van der Waals surface area contributed by atoms with Gasteiger partial charge in [0.2, 0.25) is 0 Å². The Morgan fingerprint density at radius 2 is 2.42 bits per heavy atom. The summed E-state index contributed by atoms with van der Waals surface area (Å²) >= 11 is 1.65. The fraction of sp³-hybridized carbons (Fsp3) is 0.786. The van der Waals surface area contributed by atoms with E-state index in [2.05, 4.69) is 29.5 Å². The summed E-state index contributed by atoms with van der Waals surface area (Å²) < 4.78 is 5.81. The number of hydrogen-bond acceptors (Lipinski definition) is 5. The Balaban J connectivity index is 1.51. The Labute approximate surface area is 118 Å². The van der Waals surface area contributed by atoms with Crippen molar-refractivity contribution >= 4 is 11.3 Å². The molecule has 3 N–H and O–H groups in total. The van der Waals surface area contributed by atoms with E-state index in [-0.39, 0.29) is 11.0 Å². The molecule has 0 amide bonds. The molecule has 2 fully saturated rings. The van der Waals surface area contributed by atoms with E-state index in [4.69, 9.17) is 10.5 Å². The summed E-state index contributed by atoms with van der Waals surface area (Å²) in [6, 6.07) is 0. The van der Waals surface area contributed by atoms with Crippen LogP contribution in [0.3, 0.4) is 0 Å². The zero-order valence-corrected chi connectivity index (χ0v) is 12.5. The first kappa shape index (κ1) is 13.5. The highest BCUT2D eigenvalue weighted by atomic mass is 32.1. The molecular formula is C14H23N3OS. The summed E-state index contributed by atoms with van der Waals surface area (Å²) in [7, 11) is 0. The normalized spacial score (nSPS) is 35.9. The summed E-state index contributed by atoms with van der Waals surface area (Å²) in [5.74, 6) is 0.522. The van der Waals surface area contributed by atoms with Gasteiger partial charge in [0.05, 0.1) is 17.3 Å². The lowest BCUT2D eigenvalue weighted by Gasteiger charge is -2.62. The van der Waals surface area contributed by atoms with Crippen LogP contribution in [0.15, 0.2) is 10.9 Å². The third-order valence-electron chi connectivity index (χ3n) is 5.12. The molecule has 3 atom stereocenters. The van der Waals surface area contributed by atoms with Gasteiger partial charge in [-0.05, 0) is 6.42 Å². The molecule has 0 spiro atoms. The predicted molar refractivity (Wildman–Crippen MR) is 77.2 cm³/mol. The maximum atomic E-state index is 6.67. The number of aromatic nitrogens is 1. The Morgan fingerprint density at radius 1 is 1.58 bits per heavy atom. The van der Waals surface area contributed by atoms with Gasteiger partial charge in [0.15, 0.2) is 0 Å². The molecule has 0 bridgehead atoms. The summed E-state index contributed by atoms with van der Waals surface area (Å²) in [4.78, 5) is 4.29. The van der Waals surface area contributed by atoms with E-state index in [1.807, 2.05) is 5.51 Å². The van der Waals surface area contributed by atoms with Gasteiger partial charge in [-0.15, -0.1) is 11.3 Å². The molecule has 1 aliphatic heterocycles. The zero-order chi connectivity index (χ0) is 13.5. The molecule has 0 aromatic carbocycles. The number of hydrogen-bond donors (Lipinski definition) is 2. The molecule has 3 unspecified atom stereocenters. The van der Waals surface area contributed by atoms with E-state index in [0.717, 1.165) is 32.5 Å². The van der Waals surface area contributed by atoms with Crippen molar-refractivity contribution in [2.24, 2.45) is 17.1 Å². The Kier molecular flexibility index (Phi) is 3.41. The van der Waals surface area contributed by atoms with E-state index >= 15 is 0 Å². The summed E-state index contributed by atoms with van der Waals surface area (Å²) in [5.41, 5.74) is 9.66. The van der Waals surface area contributed by atoms with E-state index in [0.29, 0.717) is 12.0 Å². The topological polar surface area (TPSA) is 60.2 Å². The number of nitrogens with zero attached hydrogens (tertiary/aromatic N) is 1. The van der Waals surface area contributed by atoms with Gasteiger partial charge in [0.1, 0.15) is 0 Å². The minimum atomic E-state index is -0.129. The van der Waals surface area contributed by atoms with Crippen molar-refractivity contribution < 1.29 is 4.74 Å². The minimum Gasteiger partial charge on any atom is -0.377 e. The average molecular weight is 281 g/mol. The second-order valence-electron chi connectivity index (χ2n) is 6.36. The molecule has 106 valence electrons. The van der Waals surface area contributed by atoms with Gasteiger partial charge >= 0.3 is 0 Å². The molecule has 2 aliphatic rings. The van der Waals surface area contributed by atoms with Gasteiger partial charge in [-0.3, -0.25) is 0 Å². The second-order valence-corrected chi connectivity index (χ2v) is 7.07. The molecule has 5 heteroatoms. The van der Waals surface area contributed by atoms with Gasteiger partial charge in [0.25, 0.3) is 0 Å². The highest BCUT2D eigenvalue weighted by Gasteiger charge is 2.67. The molecule has 1 saturated heterocycles. The van der Waals surface area contributed by atoms with Gasteiger partial charge in [-0.25, -0.2) is 4.98 Å². The smallest absolute Gasteiger partial charge is 0.0794 e. The standard InChI is InChI=1S/C14H23N3OS/c1-13(2)12-11(4-6-18-12)14(13,15)8-16-5-3-10-7-19-9-17-10/h7,9,11-12,16H,3-6,8,15H2,1-2H3. The molecule has 1 saturated carbocycles. The van der Waals surface area contributed by atoms with Crippen molar-refractivity contribution in [2.45, 2.75) is 38.3 Å². The Morgan fingerprint density at radius 3 is 3.16 bits per heavy atom. The summed E-state index contributed by atoms with van der Waals surface area (Å²) in [5, 5.41) is 5.62. The van der Waals surface area contributed by atoms with Crippen molar-refractivity contribution in [3.05, 3.63) is 16.6 Å². The first-order chi connectivity index (χ1) is 9.06. The Bertz CT molecular complexity index is 434. The number of nitrogens with one attached hydrogen (secondary N) is 1. The van der Waals surface area contributed by atoms with Gasteiger partial charge in [-0.1, -0.05) is 13.8 Å². The number of nitrogens with two attached hydrogens (primary N) is 1. The van der Waals surface area contributed by atoms with E-state index < -0.39 is 0 Å². The number of ether oxygens (including phenoxy) is 1. The summed E-state index contributed by atoms with van der Waals surface area (Å²) in [6.07, 6.45) is 2.45. The van der Waals surface area contributed by atoms with Crippen LogP contribution in [0.2, 0.25) is 0 Å². The highest BCUT2D eigenvalue weighted by Crippen LogP contribution is 2.57. The van der Waals surface area contributed by atoms with Gasteiger partial charge in [-0.2, -0.15) is 0 Å². The fourth-order valence-electron chi connectivity index (χ4n) is 3.71. The molecule has 1 aromatic rings. The largest absolute Gasteiger partial charge is 0.377 e. The fourth-order valence-corrected chi connectivity index (χ4v) is 4.30. The quantitative estimate of drug-likeness (QED) is 0.801. The average Bonchev–Trinajstić information content (AvgIpc) is 3.04. The van der Waals surface area contributed by atoms with Gasteiger partial charge < -0.3 is 15.8 Å². The maximum Gasteiger partial charge on any atom is 0.0794 e. The van der Waals surface area contributed by atoms with Crippen molar-refractivity contribution in [2.75, 3.05) is 19.7 Å². The minimum absolute atomic E-state index is 0.0712. The third kappa shape index (κ3) is 2.03. The van der Waals surface area contributed by atoms with Gasteiger partial charge in [0, 0.05) is 48.4 Å². The first-order valence-electron chi connectivity index (χ1n) is 7.04. The lowest BCUT2D eigenvalue weighted by Crippen LogP contribution is -2.78. The summed E-state index contributed by atoms with van der Waals surface area (Å²) in [6.45, 7) is 7.16. The van der Waals surface area contributed by atoms with Crippen LogP contribution in [-0.4, -0.2) is 36.3 Å². The second kappa shape index (κ2) is 4.81. The molecule has 4 nitrogen and oxygen atoms in total. The van der Waals surface area contributed by atoms with Crippen LogP contribution in [0.5, 0.6) is 0 Å². The van der Waals surface area contributed by atoms with Crippen LogP contribution in [0.1, 0.15) is 26.0 Å². The van der Waals surface area contributed by atoms with E-state index in [1.165, 1.54) is 5.69 Å². The molecule has 19 heavy (non-hydrogen) atoms. The van der Waals surface area contributed by atoms with Crippen LogP contribution < -0.4 is 11.1 Å². The maximum absolute atomic E-state index is 6.67. The third-order valence-corrected chi connectivity index (χ3v) is 5.76. The SMILES string of the molecule is CC1(C)C2OCCC2C1(N)CNCCc1cscn1. The Hall–Kier alpha value is -0.490. The predicted octanol–water partition coefficient (Wildman–Crippen LogP) is 1.42. The lowest BCUT2D eigenvalue weighted by molar-refractivity contribution is -0.153. The zero-order valence-electron chi connectivity index (χ0n) is 11.7. The van der Waals surface area contributed by atoms with Crippen LogP contribution in [0.4, 0.5) is 0 Å². The molecule has 0 radical (unpaired) electrons. The van der Waals surface area contributed by atoms with Crippen molar-refractivity contribution in [1.29, 1.82) is 0 Å². The number of fused-ring (bicyclic) bond motifs is 1.